The van der Waals surface area contributed by atoms with Gasteiger partial charge in [-0.05, 0) is 49.4 Å². The quantitative estimate of drug-likeness (QED) is 0.680. The zero-order chi connectivity index (χ0) is 19.9. The summed E-state index contributed by atoms with van der Waals surface area (Å²) >= 11 is 0. The number of hydrogen-bond acceptors (Lipinski definition) is 4. The first kappa shape index (κ1) is 18.9. The van der Waals surface area contributed by atoms with Crippen LogP contribution >= 0.6 is 0 Å². The van der Waals surface area contributed by atoms with Gasteiger partial charge in [0.1, 0.15) is 11.4 Å². The first-order valence-corrected chi connectivity index (χ1v) is 9.51. The number of alkyl halides is 3. The van der Waals surface area contributed by atoms with E-state index in [4.69, 9.17) is 5.73 Å². The summed E-state index contributed by atoms with van der Waals surface area (Å²) in [5, 5.41) is 7.31. The highest BCUT2D eigenvalue weighted by atomic mass is 19.4. The van der Waals surface area contributed by atoms with Gasteiger partial charge in [-0.3, -0.25) is 10.1 Å². The summed E-state index contributed by atoms with van der Waals surface area (Å²) in [6.45, 7) is 2.12. The van der Waals surface area contributed by atoms with E-state index in [1.54, 1.807) is 18.3 Å². The van der Waals surface area contributed by atoms with Crippen molar-refractivity contribution in [2.24, 2.45) is 11.7 Å². The number of fused-ring (bicyclic) bond motifs is 1. The van der Waals surface area contributed by atoms with Crippen LogP contribution in [0, 0.1) is 5.92 Å². The number of aromatic nitrogens is 4. The van der Waals surface area contributed by atoms with Crippen LogP contribution in [0.15, 0.2) is 30.5 Å². The number of hydrogen-bond donors (Lipinski definition) is 2. The molecule has 3 aromatic rings. The second kappa shape index (κ2) is 7.16. The molecule has 1 saturated carbocycles. The molecule has 0 saturated heterocycles. The van der Waals surface area contributed by atoms with Gasteiger partial charge >= 0.3 is 6.18 Å². The first-order chi connectivity index (χ1) is 13.4. The molecule has 0 aliphatic heterocycles. The normalized spacial score (nSPS) is 22.8. The van der Waals surface area contributed by atoms with Crippen molar-refractivity contribution in [2.45, 2.75) is 50.7 Å². The third-order valence-electron chi connectivity index (χ3n) is 5.61. The van der Waals surface area contributed by atoms with E-state index in [1.165, 1.54) is 6.07 Å². The van der Waals surface area contributed by atoms with Crippen molar-refractivity contribution in [1.82, 2.24) is 20.2 Å². The molecule has 0 radical (unpaired) electrons. The molecule has 3 atom stereocenters. The maximum Gasteiger partial charge on any atom is 0.418 e. The third kappa shape index (κ3) is 3.37. The van der Waals surface area contributed by atoms with Crippen LogP contribution in [0.25, 0.3) is 22.4 Å². The van der Waals surface area contributed by atoms with Crippen molar-refractivity contribution >= 4 is 11.0 Å². The number of nitrogens with zero attached hydrogens (tertiary/aromatic N) is 3. The van der Waals surface area contributed by atoms with Crippen LogP contribution < -0.4 is 5.73 Å². The molecule has 28 heavy (non-hydrogen) atoms. The van der Waals surface area contributed by atoms with Gasteiger partial charge in [0.05, 0.1) is 5.56 Å². The van der Waals surface area contributed by atoms with E-state index in [9.17, 15) is 13.2 Å². The molecule has 1 fully saturated rings. The standard InChI is InChI=1S/C20H22F3N5/c1-2-4-11-9-12(10-15(11)24)16-7-6-14(20(21,22)23)18(26-16)17-13-5-3-8-25-19(13)28-27-17/h3,5-8,11-12,15H,2,4,9-10,24H2,1H3,(H,25,27,28)/t11-,12?,15-/m0/s1. The molecule has 3 aromatic heterocycles. The molecule has 0 aromatic carbocycles. The summed E-state index contributed by atoms with van der Waals surface area (Å²) in [7, 11) is 0. The fourth-order valence-electron chi connectivity index (χ4n) is 4.25. The van der Waals surface area contributed by atoms with Gasteiger partial charge in [0.25, 0.3) is 0 Å². The molecule has 1 aliphatic rings. The minimum atomic E-state index is -4.52. The lowest BCUT2D eigenvalue weighted by atomic mass is 9.96. The fraction of sp³-hybridized carbons (Fsp3) is 0.450. The van der Waals surface area contributed by atoms with Gasteiger partial charge in [0.15, 0.2) is 5.65 Å². The number of nitrogens with two attached hydrogens (primary N) is 1. The Bertz CT molecular complexity index is 981. The Hall–Kier alpha value is -2.48. The van der Waals surface area contributed by atoms with Gasteiger partial charge in [-0.25, -0.2) is 4.98 Å². The number of H-pyrrole nitrogens is 1. The molecule has 0 amide bonds. The summed E-state index contributed by atoms with van der Waals surface area (Å²) in [6.07, 6.45) is 0.711. The third-order valence-corrected chi connectivity index (χ3v) is 5.61. The Kier molecular flexibility index (Phi) is 4.82. The molecule has 8 heteroatoms. The van der Waals surface area contributed by atoms with Crippen molar-refractivity contribution in [3.05, 3.63) is 41.7 Å². The number of nitrogens with one attached hydrogen (secondary N) is 1. The van der Waals surface area contributed by atoms with Crippen LogP contribution in [0.4, 0.5) is 13.2 Å². The Balaban J connectivity index is 1.79. The van der Waals surface area contributed by atoms with Crippen molar-refractivity contribution in [3.63, 3.8) is 0 Å². The van der Waals surface area contributed by atoms with Crippen LogP contribution in [0.1, 0.15) is 49.8 Å². The Labute approximate surface area is 160 Å². The highest BCUT2D eigenvalue weighted by molar-refractivity contribution is 5.90. The van der Waals surface area contributed by atoms with Gasteiger partial charge in [-0.15, -0.1) is 0 Å². The molecular weight excluding hydrogens is 367 g/mol. The van der Waals surface area contributed by atoms with Crippen molar-refractivity contribution in [3.8, 4) is 11.4 Å². The van der Waals surface area contributed by atoms with Crippen LogP contribution in [-0.2, 0) is 6.18 Å². The first-order valence-electron chi connectivity index (χ1n) is 9.51. The molecular formula is C20H22F3N5. The van der Waals surface area contributed by atoms with E-state index < -0.39 is 11.7 Å². The average molecular weight is 389 g/mol. The maximum atomic E-state index is 13.7. The van der Waals surface area contributed by atoms with E-state index >= 15 is 0 Å². The molecule has 4 rings (SSSR count). The minimum Gasteiger partial charge on any atom is -0.327 e. The van der Waals surface area contributed by atoms with Crippen LogP contribution in [0.3, 0.4) is 0 Å². The van der Waals surface area contributed by atoms with Crippen LogP contribution in [-0.4, -0.2) is 26.2 Å². The van der Waals surface area contributed by atoms with Crippen molar-refractivity contribution < 1.29 is 13.2 Å². The summed E-state index contributed by atoms with van der Waals surface area (Å²) in [4.78, 5) is 8.57. The summed E-state index contributed by atoms with van der Waals surface area (Å²) < 4.78 is 41.0. The highest BCUT2D eigenvalue weighted by Gasteiger charge is 2.38. The van der Waals surface area contributed by atoms with Gasteiger partial charge in [0, 0.05) is 29.2 Å². The number of aromatic amines is 1. The lowest BCUT2D eigenvalue weighted by Gasteiger charge is -2.15. The zero-order valence-corrected chi connectivity index (χ0v) is 15.5. The Morgan fingerprint density at radius 1 is 1.18 bits per heavy atom. The monoisotopic (exact) mass is 389 g/mol. The molecule has 1 aliphatic carbocycles. The number of halogens is 3. The largest absolute Gasteiger partial charge is 0.418 e. The Morgan fingerprint density at radius 3 is 2.75 bits per heavy atom. The van der Waals surface area contributed by atoms with Crippen LogP contribution in [0.5, 0.6) is 0 Å². The molecule has 0 bridgehead atoms. The average Bonchev–Trinajstić information content (AvgIpc) is 3.25. The van der Waals surface area contributed by atoms with Crippen molar-refractivity contribution in [2.75, 3.05) is 0 Å². The van der Waals surface area contributed by atoms with Crippen molar-refractivity contribution in [1.29, 1.82) is 0 Å². The molecule has 5 nitrogen and oxygen atoms in total. The highest BCUT2D eigenvalue weighted by Crippen LogP contribution is 2.42. The number of pyridine rings is 2. The Morgan fingerprint density at radius 2 is 2.00 bits per heavy atom. The predicted octanol–water partition coefficient (Wildman–Crippen LogP) is 4.66. The van der Waals surface area contributed by atoms with Gasteiger partial charge < -0.3 is 5.73 Å². The molecule has 3 N–H and O–H groups in total. The maximum absolute atomic E-state index is 13.7. The van der Waals surface area contributed by atoms with Gasteiger partial charge in [0.2, 0.25) is 0 Å². The summed E-state index contributed by atoms with van der Waals surface area (Å²) in [5.41, 5.74) is 6.57. The topological polar surface area (TPSA) is 80.5 Å². The van der Waals surface area contributed by atoms with E-state index in [0.29, 0.717) is 22.6 Å². The predicted molar refractivity (Wildman–Crippen MR) is 100 cm³/mol. The SMILES string of the molecule is CCC[C@H]1CC(c2ccc(C(F)(F)F)c(-c3n[nH]c4ncccc34)n2)C[C@@H]1N. The fourth-order valence-corrected chi connectivity index (χ4v) is 4.25. The van der Waals surface area contributed by atoms with Gasteiger partial charge in [-0.1, -0.05) is 13.3 Å². The van der Waals surface area contributed by atoms with E-state index in [2.05, 4.69) is 27.1 Å². The summed E-state index contributed by atoms with van der Waals surface area (Å²) in [6, 6.07) is 6.04. The number of rotatable bonds is 4. The smallest absolute Gasteiger partial charge is 0.327 e. The lowest BCUT2D eigenvalue weighted by molar-refractivity contribution is -0.137. The zero-order valence-electron chi connectivity index (χ0n) is 15.5. The lowest BCUT2D eigenvalue weighted by Crippen LogP contribution is -2.24. The second-order valence-electron chi connectivity index (χ2n) is 7.48. The van der Waals surface area contributed by atoms with E-state index in [-0.39, 0.29) is 23.3 Å². The minimum absolute atomic E-state index is 0.0629. The van der Waals surface area contributed by atoms with Crippen LogP contribution in [0.2, 0.25) is 0 Å². The van der Waals surface area contributed by atoms with Gasteiger partial charge in [-0.2, -0.15) is 18.3 Å². The molecule has 3 heterocycles. The second-order valence-corrected chi connectivity index (χ2v) is 7.48. The summed E-state index contributed by atoms with van der Waals surface area (Å²) in [5.74, 6) is 0.453. The molecule has 148 valence electrons. The molecule has 1 unspecified atom stereocenters. The molecule has 0 spiro atoms. The van der Waals surface area contributed by atoms with E-state index in [0.717, 1.165) is 31.7 Å². The van der Waals surface area contributed by atoms with E-state index in [1.807, 2.05) is 0 Å².